The van der Waals surface area contributed by atoms with Crippen molar-refractivity contribution in [3.8, 4) is 0 Å². The lowest BCUT2D eigenvalue weighted by Crippen LogP contribution is -2.66. The molecule has 2 heterocycles. The molecule has 114 valence electrons. The summed E-state index contributed by atoms with van der Waals surface area (Å²) in [5.74, 6) is 2.78. The molecule has 0 radical (unpaired) electrons. The Labute approximate surface area is 126 Å². The Balaban J connectivity index is 2.17. The Morgan fingerprint density at radius 3 is 2.50 bits per heavy atom. The second-order valence-electron chi connectivity index (χ2n) is 6.20. The molecule has 5 heteroatoms. The molecule has 2 aliphatic heterocycles. The highest BCUT2D eigenvalue weighted by Crippen LogP contribution is 2.27. The third-order valence-corrected chi connectivity index (χ3v) is 5.23. The van der Waals surface area contributed by atoms with Crippen LogP contribution in [0.25, 0.3) is 0 Å². The molecule has 2 fully saturated rings. The maximum Gasteiger partial charge on any atom is 0.246 e. The highest BCUT2D eigenvalue weighted by atomic mass is 32.2. The Morgan fingerprint density at radius 1 is 1.30 bits per heavy atom. The lowest BCUT2D eigenvalue weighted by atomic mass is 9.94. The molecule has 2 aliphatic rings. The van der Waals surface area contributed by atoms with Crippen LogP contribution in [0.15, 0.2) is 0 Å². The van der Waals surface area contributed by atoms with Gasteiger partial charge in [-0.25, -0.2) is 0 Å². The first-order valence-corrected chi connectivity index (χ1v) is 8.90. The number of rotatable bonds is 4. The first-order valence-electron chi connectivity index (χ1n) is 7.74. The van der Waals surface area contributed by atoms with Gasteiger partial charge in [0.15, 0.2) is 0 Å². The minimum Gasteiger partial charge on any atom is -0.342 e. The molecule has 2 atom stereocenters. The standard InChI is InChI=1S/C15H26N2O2S/c1-4-13-14(18)16-12(9-10(2)3)15(19)17(13)11-5-7-20-8-6-11/h10-13H,4-9H2,1-3H3,(H,16,18). The molecular formula is C15H26N2O2S. The van der Waals surface area contributed by atoms with Gasteiger partial charge in [-0.1, -0.05) is 20.8 Å². The highest BCUT2D eigenvalue weighted by molar-refractivity contribution is 7.99. The second-order valence-corrected chi connectivity index (χ2v) is 7.43. The van der Waals surface area contributed by atoms with E-state index in [1.165, 1.54) is 0 Å². The van der Waals surface area contributed by atoms with E-state index >= 15 is 0 Å². The van der Waals surface area contributed by atoms with Gasteiger partial charge < -0.3 is 10.2 Å². The minimum absolute atomic E-state index is 0.0379. The molecular weight excluding hydrogens is 272 g/mol. The van der Waals surface area contributed by atoms with Crippen molar-refractivity contribution in [1.29, 1.82) is 0 Å². The molecule has 0 bridgehead atoms. The number of hydrogen-bond donors (Lipinski definition) is 1. The summed E-state index contributed by atoms with van der Waals surface area (Å²) >= 11 is 1.95. The number of hydrogen-bond acceptors (Lipinski definition) is 3. The lowest BCUT2D eigenvalue weighted by Gasteiger charge is -2.44. The predicted molar refractivity (Wildman–Crippen MR) is 82.7 cm³/mol. The number of nitrogens with one attached hydrogen (secondary N) is 1. The van der Waals surface area contributed by atoms with Crippen LogP contribution < -0.4 is 5.32 Å². The van der Waals surface area contributed by atoms with Gasteiger partial charge in [-0.2, -0.15) is 11.8 Å². The van der Waals surface area contributed by atoms with E-state index in [1.807, 2.05) is 23.6 Å². The summed E-state index contributed by atoms with van der Waals surface area (Å²) in [5, 5.41) is 2.93. The maximum absolute atomic E-state index is 12.8. The summed E-state index contributed by atoms with van der Waals surface area (Å²) in [5.41, 5.74) is 0. The van der Waals surface area contributed by atoms with E-state index in [9.17, 15) is 9.59 Å². The van der Waals surface area contributed by atoms with Gasteiger partial charge in [-0.3, -0.25) is 9.59 Å². The molecule has 4 nitrogen and oxygen atoms in total. The molecule has 0 aliphatic carbocycles. The Kier molecular flexibility index (Phi) is 5.35. The molecule has 0 aromatic heterocycles. The summed E-state index contributed by atoms with van der Waals surface area (Å²) in [4.78, 5) is 27.0. The molecule has 20 heavy (non-hydrogen) atoms. The van der Waals surface area contributed by atoms with E-state index in [2.05, 4.69) is 19.2 Å². The summed E-state index contributed by atoms with van der Waals surface area (Å²) in [6.45, 7) is 6.17. The molecule has 0 saturated carbocycles. The van der Waals surface area contributed by atoms with Crippen molar-refractivity contribution in [2.24, 2.45) is 5.92 Å². The molecule has 2 amide bonds. The van der Waals surface area contributed by atoms with Crippen molar-refractivity contribution < 1.29 is 9.59 Å². The summed E-state index contributed by atoms with van der Waals surface area (Å²) in [6, 6.07) is -0.326. The molecule has 1 N–H and O–H groups in total. The maximum atomic E-state index is 12.8. The average Bonchev–Trinajstić information content (AvgIpc) is 2.42. The molecule has 2 rings (SSSR count). The second kappa shape index (κ2) is 6.83. The Morgan fingerprint density at radius 2 is 1.95 bits per heavy atom. The van der Waals surface area contributed by atoms with Gasteiger partial charge in [0.05, 0.1) is 0 Å². The topological polar surface area (TPSA) is 49.4 Å². The first kappa shape index (κ1) is 15.7. The van der Waals surface area contributed by atoms with Crippen molar-refractivity contribution in [2.75, 3.05) is 11.5 Å². The summed E-state index contributed by atoms with van der Waals surface area (Å²) in [7, 11) is 0. The van der Waals surface area contributed by atoms with Gasteiger partial charge in [-0.05, 0) is 43.1 Å². The van der Waals surface area contributed by atoms with Gasteiger partial charge in [0, 0.05) is 6.04 Å². The van der Waals surface area contributed by atoms with Gasteiger partial charge in [0.25, 0.3) is 0 Å². The van der Waals surface area contributed by atoms with Gasteiger partial charge in [0.1, 0.15) is 12.1 Å². The van der Waals surface area contributed by atoms with Crippen molar-refractivity contribution in [1.82, 2.24) is 10.2 Å². The van der Waals surface area contributed by atoms with Crippen LogP contribution in [0, 0.1) is 5.92 Å². The smallest absolute Gasteiger partial charge is 0.246 e. The van der Waals surface area contributed by atoms with E-state index in [-0.39, 0.29) is 29.9 Å². The largest absolute Gasteiger partial charge is 0.342 e. The van der Waals surface area contributed by atoms with Crippen LogP contribution in [0.5, 0.6) is 0 Å². The van der Waals surface area contributed by atoms with Crippen LogP contribution >= 0.6 is 11.8 Å². The number of thioether (sulfide) groups is 1. The van der Waals surface area contributed by atoms with Crippen LogP contribution in [0.4, 0.5) is 0 Å². The zero-order valence-corrected chi connectivity index (χ0v) is 13.5. The SMILES string of the molecule is CCC1C(=O)NC(CC(C)C)C(=O)N1C1CCSCC1. The van der Waals surface area contributed by atoms with Gasteiger partial charge in [-0.15, -0.1) is 0 Å². The first-order chi connectivity index (χ1) is 9.54. The van der Waals surface area contributed by atoms with Crippen molar-refractivity contribution in [3.05, 3.63) is 0 Å². The van der Waals surface area contributed by atoms with Crippen molar-refractivity contribution >= 4 is 23.6 Å². The number of amides is 2. The number of nitrogens with zero attached hydrogens (tertiary/aromatic N) is 1. The molecule has 0 spiro atoms. The minimum atomic E-state index is -0.320. The van der Waals surface area contributed by atoms with E-state index in [0.717, 1.165) is 30.8 Å². The summed E-state index contributed by atoms with van der Waals surface area (Å²) < 4.78 is 0. The van der Waals surface area contributed by atoms with Gasteiger partial charge >= 0.3 is 0 Å². The third kappa shape index (κ3) is 3.30. The molecule has 0 aromatic carbocycles. The fourth-order valence-electron chi connectivity index (χ4n) is 3.20. The van der Waals surface area contributed by atoms with Gasteiger partial charge in [0.2, 0.25) is 11.8 Å². The van der Waals surface area contributed by atoms with Crippen molar-refractivity contribution in [2.45, 2.75) is 64.6 Å². The van der Waals surface area contributed by atoms with Crippen LogP contribution in [0.3, 0.4) is 0 Å². The summed E-state index contributed by atoms with van der Waals surface area (Å²) in [6.07, 6.45) is 3.48. The zero-order chi connectivity index (χ0) is 14.7. The highest BCUT2D eigenvalue weighted by Gasteiger charge is 2.43. The number of carbonyl (C=O) groups is 2. The quantitative estimate of drug-likeness (QED) is 0.864. The molecule has 0 aromatic rings. The van der Waals surface area contributed by atoms with E-state index in [0.29, 0.717) is 12.3 Å². The number of carbonyl (C=O) groups excluding carboxylic acids is 2. The van der Waals surface area contributed by atoms with Crippen LogP contribution in [0.1, 0.15) is 46.5 Å². The fraction of sp³-hybridized carbons (Fsp3) is 0.867. The number of piperazine rings is 1. The molecule has 2 saturated heterocycles. The predicted octanol–water partition coefficient (Wildman–Crippen LogP) is 2.03. The monoisotopic (exact) mass is 298 g/mol. The fourth-order valence-corrected chi connectivity index (χ4v) is 4.28. The van der Waals surface area contributed by atoms with Crippen molar-refractivity contribution in [3.63, 3.8) is 0 Å². The average molecular weight is 298 g/mol. The van der Waals surface area contributed by atoms with E-state index in [1.54, 1.807) is 0 Å². The van der Waals surface area contributed by atoms with Crippen LogP contribution in [-0.4, -0.2) is 46.3 Å². The van der Waals surface area contributed by atoms with Crippen LogP contribution in [-0.2, 0) is 9.59 Å². The Hall–Kier alpha value is -0.710. The van der Waals surface area contributed by atoms with E-state index in [4.69, 9.17) is 0 Å². The zero-order valence-electron chi connectivity index (χ0n) is 12.7. The molecule has 2 unspecified atom stereocenters. The lowest BCUT2D eigenvalue weighted by molar-refractivity contribution is -0.153. The normalized spacial score (nSPS) is 28.9. The third-order valence-electron chi connectivity index (χ3n) is 4.19. The van der Waals surface area contributed by atoms with E-state index < -0.39 is 0 Å². The Bertz CT molecular complexity index is 367. The van der Waals surface area contributed by atoms with Crippen LogP contribution in [0.2, 0.25) is 0 Å².